The van der Waals surface area contributed by atoms with Gasteiger partial charge in [-0.05, 0) is 18.8 Å². The number of nitrogens with zero attached hydrogens (tertiary/aromatic N) is 4. The highest BCUT2D eigenvalue weighted by molar-refractivity contribution is 5.80. The van der Waals surface area contributed by atoms with Gasteiger partial charge in [0.05, 0.1) is 45.8 Å². The number of likely N-dealkylation sites (tertiary alicyclic amines) is 1. The van der Waals surface area contributed by atoms with Crippen molar-refractivity contribution >= 4 is 11.9 Å². The lowest BCUT2D eigenvalue weighted by molar-refractivity contribution is -0.945. The van der Waals surface area contributed by atoms with Crippen molar-refractivity contribution in [1.82, 2.24) is 19.9 Å². The van der Waals surface area contributed by atoms with Gasteiger partial charge >= 0.3 is 0 Å². The number of aromatic nitrogens is 3. The fraction of sp³-hybridized carbons (Fsp3) is 0.800. The third-order valence-electron chi connectivity index (χ3n) is 7.04. The summed E-state index contributed by atoms with van der Waals surface area (Å²) < 4.78 is 1.97. The predicted octanol–water partition coefficient (Wildman–Crippen LogP) is -3.80. The van der Waals surface area contributed by atoms with Crippen LogP contribution in [0.3, 0.4) is 0 Å². The van der Waals surface area contributed by atoms with Gasteiger partial charge in [-0.25, -0.2) is 4.68 Å². The Morgan fingerprint density at radius 2 is 2.03 bits per heavy atom. The van der Waals surface area contributed by atoms with Gasteiger partial charge < -0.3 is 24.6 Å². The van der Waals surface area contributed by atoms with E-state index < -0.39 is 11.9 Å². The first kappa shape index (κ1) is 20.3. The maximum absolute atomic E-state index is 13.1. The highest BCUT2D eigenvalue weighted by Gasteiger charge is 2.48. The molecule has 9 heteroatoms. The van der Waals surface area contributed by atoms with Gasteiger partial charge in [-0.3, -0.25) is 4.79 Å². The van der Waals surface area contributed by atoms with E-state index in [9.17, 15) is 14.7 Å². The SMILES string of the molecule is C[NH+](C)Cc1cn(C[C@H]2C[C@@H]3CC[NH+]2C[C@@H]3C(=O)N2CCC(C(=O)[O-])CC2)nn1. The lowest BCUT2D eigenvalue weighted by atomic mass is 9.74. The second kappa shape index (κ2) is 8.39. The molecule has 5 rings (SSSR count). The molecule has 2 bridgehead atoms. The monoisotopic (exact) mass is 405 g/mol. The number of piperidine rings is 4. The minimum Gasteiger partial charge on any atom is -0.550 e. The predicted molar refractivity (Wildman–Crippen MR) is 102 cm³/mol. The smallest absolute Gasteiger partial charge is 0.231 e. The van der Waals surface area contributed by atoms with E-state index in [1.165, 1.54) is 9.80 Å². The number of carbonyl (C=O) groups is 2. The number of carbonyl (C=O) groups excluding carboxylic acids is 2. The molecule has 1 amide bonds. The standard InChI is InChI=1S/C20H32N6O3/c1-23(2)10-16-11-26(22-21-16)12-17-9-15-5-8-25(17)13-18(15)19(27)24-6-3-14(4-7-24)20(28)29/h11,14-15,17-18H,3-10,12-13H2,1-2H3,(H,28,29)/p+1/t15-,17+,18-/m0/s1. The van der Waals surface area contributed by atoms with Crippen LogP contribution in [0.4, 0.5) is 0 Å². The summed E-state index contributed by atoms with van der Waals surface area (Å²) in [6.45, 7) is 4.84. The zero-order valence-corrected chi connectivity index (χ0v) is 17.5. The van der Waals surface area contributed by atoms with Gasteiger partial charge in [0, 0.05) is 37.8 Å². The molecular formula is C20H33N6O3+. The van der Waals surface area contributed by atoms with Gasteiger partial charge in [-0.1, -0.05) is 5.21 Å². The number of amides is 1. The van der Waals surface area contributed by atoms with Crippen LogP contribution in [0.2, 0.25) is 0 Å². The van der Waals surface area contributed by atoms with Crippen LogP contribution in [0.25, 0.3) is 0 Å². The molecule has 9 nitrogen and oxygen atoms in total. The molecule has 4 fully saturated rings. The Bertz CT molecular complexity index is 742. The van der Waals surface area contributed by atoms with Crippen molar-refractivity contribution in [3.05, 3.63) is 11.9 Å². The molecule has 4 aliphatic heterocycles. The van der Waals surface area contributed by atoms with Crippen molar-refractivity contribution in [2.24, 2.45) is 17.8 Å². The molecule has 5 heterocycles. The Morgan fingerprint density at radius 3 is 2.66 bits per heavy atom. The molecule has 2 N–H and O–H groups in total. The van der Waals surface area contributed by atoms with E-state index in [1.54, 1.807) is 0 Å². The fourth-order valence-electron chi connectivity index (χ4n) is 5.47. The van der Waals surface area contributed by atoms with Crippen molar-refractivity contribution in [3.8, 4) is 0 Å². The number of hydrogen-bond acceptors (Lipinski definition) is 5. The molecule has 29 heavy (non-hydrogen) atoms. The Hall–Kier alpha value is -2.00. The summed E-state index contributed by atoms with van der Waals surface area (Å²) in [6, 6.07) is 0.489. The molecule has 0 aromatic carbocycles. The summed E-state index contributed by atoms with van der Waals surface area (Å²) in [5, 5.41) is 19.6. The molecule has 4 saturated heterocycles. The van der Waals surface area contributed by atoms with E-state index >= 15 is 0 Å². The Balaban J connectivity index is 1.32. The minimum absolute atomic E-state index is 0.0816. The minimum atomic E-state index is -0.976. The molecule has 0 saturated carbocycles. The molecular weight excluding hydrogens is 372 g/mol. The molecule has 1 aromatic rings. The van der Waals surface area contributed by atoms with Crippen LogP contribution in [0, 0.1) is 17.8 Å². The average molecular weight is 406 g/mol. The summed E-state index contributed by atoms with van der Waals surface area (Å²) >= 11 is 0. The van der Waals surface area contributed by atoms with E-state index in [2.05, 4.69) is 30.6 Å². The summed E-state index contributed by atoms with van der Waals surface area (Å²) in [4.78, 5) is 28.9. The highest BCUT2D eigenvalue weighted by Crippen LogP contribution is 2.30. The first-order valence-electron chi connectivity index (χ1n) is 10.9. The Kier molecular flexibility index (Phi) is 5.87. The van der Waals surface area contributed by atoms with Crippen molar-refractivity contribution in [2.45, 2.75) is 44.8 Å². The molecule has 0 radical (unpaired) electrons. The third kappa shape index (κ3) is 4.45. The molecule has 160 valence electrons. The number of quaternary nitrogens is 2. The number of nitrogens with one attached hydrogen (secondary N) is 2. The normalized spacial score (nSPS) is 30.1. The Morgan fingerprint density at radius 1 is 1.28 bits per heavy atom. The second-order valence-electron chi connectivity index (χ2n) is 9.43. The van der Waals surface area contributed by atoms with Crippen LogP contribution in [0.5, 0.6) is 0 Å². The summed E-state index contributed by atoms with van der Waals surface area (Å²) in [6.07, 6.45) is 5.25. The molecule has 1 aromatic heterocycles. The first-order valence-corrected chi connectivity index (χ1v) is 10.9. The molecule has 0 aliphatic carbocycles. The summed E-state index contributed by atoms with van der Waals surface area (Å²) in [5.41, 5.74) is 1.02. The van der Waals surface area contributed by atoms with Gasteiger partial charge in [0.25, 0.3) is 0 Å². The van der Waals surface area contributed by atoms with Crippen LogP contribution in [-0.4, -0.2) is 78.1 Å². The summed E-state index contributed by atoms with van der Waals surface area (Å²) in [7, 11) is 4.21. The van der Waals surface area contributed by atoms with Gasteiger partial charge in [0.1, 0.15) is 18.3 Å². The number of aliphatic carboxylic acids is 1. The van der Waals surface area contributed by atoms with Gasteiger partial charge in [0.2, 0.25) is 5.91 Å². The number of carboxylic acids is 1. The van der Waals surface area contributed by atoms with Crippen LogP contribution < -0.4 is 14.9 Å². The van der Waals surface area contributed by atoms with Crippen LogP contribution >= 0.6 is 0 Å². The van der Waals surface area contributed by atoms with Crippen molar-refractivity contribution in [3.63, 3.8) is 0 Å². The topological polar surface area (TPSA) is 100 Å². The molecule has 4 aliphatic rings. The first-order chi connectivity index (χ1) is 13.9. The number of carboxylic acid groups (broad SMARTS) is 1. The van der Waals surface area contributed by atoms with Crippen molar-refractivity contribution in [1.29, 1.82) is 0 Å². The fourth-order valence-corrected chi connectivity index (χ4v) is 5.47. The average Bonchev–Trinajstić information content (AvgIpc) is 3.14. The van der Waals surface area contributed by atoms with Gasteiger partial charge in [0.15, 0.2) is 0 Å². The quantitative estimate of drug-likeness (QED) is 0.506. The van der Waals surface area contributed by atoms with E-state index in [1.807, 2.05) is 9.58 Å². The van der Waals surface area contributed by atoms with E-state index in [0.29, 0.717) is 37.9 Å². The van der Waals surface area contributed by atoms with E-state index in [4.69, 9.17) is 0 Å². The number of rotatable bonds is 6. The lowest BCUT2D eigenvalue weighted by Gasteiger charge is -2.47. The molecule has 4 atom stereocenters. The Labute approximate surface area is 171 Å². The van der Waals surface area contributed by atoms with Crippen molar-refractivity contribution < 1.29 is 24.5 Å². The summed E-state index contributed by atoms with van der Waals surface area (Å²) in [5.74, 6) is -0.631. The third-order valence-corrected chi connectivity index (χ3v) is 7.04. The maximum Gasteiger partial charge on any atom is 0.231 e. The zero-order valence-electron chi connectivity index (χ0n) is 17.5. The van der Waals surface area contributed by atoms with E-state index in [0.717, 1.165) is 44.7 Å². The van der Waals surface area contributed by atoms with Gasteiger partial charge in [-0.2, -0.15) is 0 Å². The van der Waals surface area contributed by atoms with Crippen LogP contribution in [0.1, 0.15) is 31.4 Å². The zero-order chi connectivity index (χ0) is 20.5. The largest absolute Gasteiger partial charge is 0.550 e. The molecule has 0 spiro atoms. The highest BCUT2D eigenvalue weighted by atomic mass is 16.4. The number of hydrogen-bond donors (Lipinski definition) is 2. The second-order valence-corrected chi connectivity index (χ2v) is 9.43. The van der Waals surface area contributed by atoms with Crippen LogP contribution in [0.15, 0.2) is 6.20 Å². The van der Waals surface area contributed by atoms with Gasteiger partial charge in [-0.15, -0.1) is 5.10 Å². The lowest BCUT2D eigenvalue weighted by Crippen LogP contribution is -3.20. The van der Waals surface area contributed by atoms with E-state index in [-0.39, 0.29) is 11.8 Å². The maximum atomic E-state index is 13.1. The van der Waals surface area contributed by atoms with Crippen molar-refractivity contribution in [2.75, 3.05) is 40.3 Å². The van der Waals surface area contributed by atoms with Crippen LogP contribution in [-0.2, 0) is 22.7 Å². The number of fused-ring (bicyclic) bond motifs is 3. The molecule has 1 unspecified atom stereocenters.